The number of aromatic nitrogens is 1. The molecule has 2 aromatic heterocycles. The molecule has 0 saturated carbocycles. The minimum Gasteiger partial charge on any atom is -0.463 e. The molecule has 0 saturated heterocycles. The molecule has 0 aliphatic rings. The zero-order valence-corrected chi connectivity index (χ0v) is 10.3. The lowest BCUT2D eigenvalue weighted by Crippen LogP contribution is -1.97. The van der Waals surface area contributed by atoms with E-state index in [-0.39, 0.29) is 5.76 Å². The summed E-state index contributed by atoms with van der Waals surface area (Å²) in [6.45, 7) is 0. The molecule has 0 N–H and O–H groups in total. The fourth-order valence-electron chi connectivity index (χ4n) is 2.04. The molecule has 0 radical (unpaired) electrons. The van der Waals surface area contributed by atoms with Crippen molar-refractivity contribution in [1.29, 1.82) is 0 Å². The Morgan fingerprint density at radius 3 is 2.89 bits per heavy atom. The number of fused-ring (bicyclic) bond motifs is 1. The Kier molecular flexibility index (Phi) is 2.76. The van der Waals surface area contributed by atoms with Crippen molar-refractivity contribution in [3.8, 4) is 11.1 Å². The third kappa shape index (κ3) is 1.97. The molecule has 0 unspecified atom stereocenters. The Morgan fingerprint density at radius 1 is 1.26 bits per heavy atom. The molecule has 0 atom stereocenters. The summed E-state index contributed by atoms with van der Waals surface area (Å²) in [4.78, 5) is 15.6. The minimum atomic E-state index is -0.478. The first-order valence-electron chi connectivity index (χ1n) is 5.81. The maximum absolute atomic E-state index is 11.5. The average Bonchev–Trinajstić information content (AvgIpc) is 2.91. The van der Waals surface area contributed by atoms with Gasteiger partial charge in [-0.05, 0) is 23.8 Å². The monoisotopic (exact) mass is 253 g/mol. The molecular weight excluding hydrogens is 242 g/mol. The van der Waals surface area contributed by atoms with Crippen LogP contribution in [0.1, 0.15) is 10.6 Å². The number of furan rings is 1. The second-order valence-electron chi connectivity index (χ2n) is 4.06. The van der Waals surface area contributed by atoms with Crippen molar-refractivity contribution >= 4 is 16.9 Å². The van der Waals surface area contributed by atoms with Crippen LogP contribution in [0.3, 0.4) is 0 Å². The van der Waals surface area contributed by atoms with Crippen LogP contribution in [0.5, 0.6) is 0 Å². The molecule has 2 heterocycles. The molecule has 0 bridgehead atoms. The number of hydrogen-bond donors (Lipinski definition) is 0. The average molecular weight is 253 g/mol. The van der Waals surface area contributed by atoms with E-state index in [1.807, 2.05) is 30.3 Å². The van der Waals surface area contributed by atoms with E-state index in [4.69, 9.17) is 4.42 Å². The van der Waals surface area contributed by atoms with Gasteiger partial charge in [0.15, 0.2) is 0 Å². The van der Waals surface area contributed by atoms with E-state index in [1.54, 1.807) is 18.5 Å². The Labute approximate surface area is 109 Å². The van der Waals surface area contributed by atoms with Gasteiger partial charge in [-0.25, -0.2) is 4.79 Å². The minimum absolute atomic E-state index is 0.203. The summed E-state index contributed by atoms with van der Waals surface area (Å²) < 4.78 is 10.2. The molecule has 0 aliphatic carbocycles. The molecule has 94 valence electrons. The fraction of sp³-hybridized carbons (Fsp3) is 0.0667. The number of benzene rings is 1. The normalized spacial score (nSPS) is 10.6. The lowest BCUT2D eigenvalue weighted by Gasteiger charge is -2.01. The molecule has 0 amide bonds. The lowest BCUT2D eigenvalue weighted by molar-refractivity contribution is 0.0567. The highest BCUT2D eigenvalue weighted by Gasteiger charge is 2.14. The zero-order valence-electron chi connectivity index (χ0n) is 10.3. The summed E-state index contributed by atoms with van der Waals surface area (Å²) in [5.74, 6) is -0.276. The van der Waals surface area contributed by atoms with E-state index in [2.05, 4.69) is 9.72 Å². The van der Waals surface area contributed by atoms with Gasteiger partial charge in [0.2, 0.25) is 5.76 Å². The maximum atomic E-state index is 11.5. The number of esters is 1. The topological polar surface area (TPSA) is 52.3 Å². The molecule has 0 fully saturated rings. The van der Waals surface area contributed by atoms with Crippen molar-refractivity contribution in [1.82, 2.24) is 4.98 Å². The molecule has 0 aliphatic heterocycles. The number of hydrogen-bond acceptors (Lipinski definition) is 4. The van der Waals surface area contributed by atoms with Crippen molar-refractivity contribution in [2.24, 2.45) is 0 Å². The molecule has 3 aromatic rings. The fourth-order valence-corrected chi connectivity index (χ4v) is 2.04. The van der Waals surface area contributed by atoms with Crippen LogP contribution in [0.2, 0.25) is 0 Å². The molecule has 3 rings (SSSR count). The summed E-state index contributed by atoms with van der Waals surface area (Å²) in [6, 6.07) is 11.2. The van der Waals surface area contributed by atoms with Crippen molar-refractivity contribution in [3.05, 3.63) is 54.6 Å². The van der Waals surface area contributed by atoms with Gasteiger partial charge < -0.3 is 9.15 Å². The second-order valence-corrected chi connectivity index (χ2v) is 4.06. The van der Waals surface area contributed by atoms with Crippen LogP contribution < -0.4 is 0 Å². The number of methoxy groups -OCH3 is 1. The number of rotatable bonds is 2. The van der Waals surface area contributed by atoms with Gasteiger partial charge in [-0.3, -0.25) is 4.98 Å². The largest absolute Gasteiger partial charge is 0.463 e. The summed E-state index contributed by atoms with van der Waals surface area (Å²) in [6.07, 6.45) is 3.50. The van der Waals surface area contributed by atoms with Crippen LogP contribution in [0.15, 0.2) is 53.2 Å². The summed E-state index contributed by atoms with van der Waals surface area (Å²) in [5.41, 5.74) is 2.61. The zero-order chi connectivity index (χ0) is 13.2. The third-order valence-corrected chi connectivity index (χ3v) is 2.92. The second kappa shape index (κ2) is 4.57. The van der Waals surface area contributed by atoms with Gasteiger partial charge in [0.25, 0.3) is 0 Å². The van der Waals surface area contributed by atoms with Gasteiger partial charge in [-0.1, -0.05) is 18.2 Å². The highest BCUT2D eigenvalue weighted by atomic mass is 16.5. The Bertz CT molecular complexity index is 731. The van der Waals surface area contributed by atoms with Crippen molar-refractivity contribution < 1.29 is 13.9 Å². The standard InChI is InChI=1S/C15H11NO3/c1-18-15(17)14-8-12-11(5-2-6-13(12)19-14)10-4-3-7-16-9-10/h2-9H,1H3. The van der Waals surface area contributed by atoms with Crippen LogP contribution >= 0.6 is 0 Å². The SMILES string of the molecule is COC(=O)c1cc2c(-c3cccnc3)cccc2o1. The number of carbonyl (C=O) groups excluding carboxylic acids is 1. The molecule has 0 spiro atoms. The van der Waals surface area contributed by atoms with Gasteiger partial charge in [0.05, 0.1) is 7.11 Å². The first-order chi connectivity index (χ1) is 9.29. The van der Waals surface area contributed by atoms with Crippen LogP contribution in [0, 0.1) is 0 Å². The van der Waals surface area contributed by atoms with E-state index in [9.17, 15) is 4.79 Å². The van der Waals surface area contributed by atoms with E-state index in [1.165, 1.54) is 7.11 Å². The van der Waals surface area contributed by atoms with Gasteiger partial charge in [-0.15, -0.1) is 0 Å². The van der Waals surface area contributed by atoms with Crippen molar-refractivity contribution in [3.63, 3.8) is 0 Å². The first kappa shape index (κ1) is 11.5. The number of ether oxygens (including phenoxy) is 1. The van der Waals surface area contributed by atoms with Crippen LogP contribution in [-0.2, 0) is 4.74 Å². The van der Waals surface area contributed by atoms with Crippen molar-refractivity contribution in [2.45, 2.75) is 0 Å². The molecule has 4 nitrogen and oxygen atoms in total. The molecule has 1 aromatic carbocycles. The molecule has 19 heavy (non-hydrogen) atoms. The van der Waals surface area contributed by atoms with Gasteiger partial charge in [0, 0.05) is 23.3 Å². The number of carbonyl (C=O) groups is 1. The lowest BCUT2D eigenvalue weighted by atomic mass is 10.0. The van der Waals surface area contributed by atoms with Crippen molar-refractivity contribution in [2.75, 3.05) is 7.11 Å². The van der Waals surface area contributed by atoms with E-state index < -0.39 is 5.97 Å². The third-order valence-electron chi connectivity index (χ3n) is 2.92. The van der Waals surface area contributed by atoms with E-state index >= 15 is 0 Å². The summed E-state index contributed by atoms with van der Waals surface area (Å²) in [7, 11) is 1.33. The van der Waals surface area contributed by atoms with Crippen LogP contribution in [0.25, 0.3) is 22.1 Å². The molecule has 4 heteroatoms. The Morgan fingerprint density at radius 2 is 2.16 bits per heavy atom. The van der Waals surface area contributed by atoms with Gasteiger partial charge >= 0.3 is 5.97 Å². The summed E-state index contributed by atoms with van der Waals surface area (Å²) in [5, 5.41) is 0.871. The smallest absolute Gasteiger partial charge is 0.373 e. The van der Waals surface area contributed by atoms with Crippen LogP contribution in [-0.4, -0.2) is 18.1 Å². The van der Waals surface area contributed by atoms with Crippen LogP contribution in [0.4, 0.5) is 0 Å². The first-order valence-corrected chi connectivity index (χ1v) is 5.81. The predicted octanol–water partition coefficient (Wildman–Crippen LogP) is 3.28. The quantitative estimate of drug-likeness (QED) is 0.658. The Hall–Kier alpha value is -2.62. The van der Waals surface area contributed by atoms with E-state index in [0.29, 0.717) is 5.58 Å². The summed E-state index contributed by atoms with van der Waals surface area (Å²) >= 11 is 0. The highest BCUT2D eigenvalue weighted by molar-refractivity contribution is 5.99. The van der Waals surface area contributed by atoms with Gasteiger partial charge in [-0.2, -0.15) is 0 Å². The highest BCUT2D eigenvalue weighted by Crippen LogP contribution is 2.30. The number of nitrogens with zero attached hydrogens (tertiary/aromatic N) is 1. The van der Waals surface area contributed by atoms with E-state index in [0.717, 1.165) is 16.5 Å². The number of pyridine rings is 1. The molecular formula is C15H11NO3. The predicted molar refractivity (Wildman–Crippen MR) is 70.8 cm³/mol. The Balaban J connectivity index is 2.21. The van der Waals surface area contributed by atoms with Gasteiger partial charge in [0.1, 0.15) is 5.58 Å². The maximum Gasteiger partial charge on any atom is 0.373 e.